The minimum absolute atomic E-state index is 0.742. The Labute approximate surface area is 185 Å². The maximum Gasteiger partial charge on any atom is 0.147 e. The molecule has 4 aromatic rings. The van der Waals surface area contributed by atoms with E-state index in [0.717, 1.165) is 66.6 Å². The Hall–Kier alpha value is -2.77. The molecule has 6 rings (SSSR count). The summed E-state index contributed by atoms with van der Waals surface area (Å²) in [5.41, 5.74) is 5.17. The molecule has 1 aliphatic heterocycles. The van der Waals surface area contributed by atoms with Crippen molar-refractivity contribution in [1.82, 2.24) is 15.0 Å². The van der Waals surface area contributed by atoms with Crippen molar-refractivity contribution in [2.24, 2.45) is 0 Å². The lowest BCUT2D eigenvalue weighted by atomic mass is 9.90. The van der Waals surface area contributed by atoms with Crippen LogP contribution in [0.5, 0.6) is 0 Å². The van der Waals surface area contributed by atoms with Crippen LogP contribution in [0, 0.1) is 0 Å². The van der Waals surface area contributed by atoms with Crippen molar-refractivity contribution in [2.45, 2.75) is 32.2 Å². The minimum Gasteiger partial charge on any atom is -0.378 e. The van der Waals surface area contributed by atoms with Gasteiger partial charge in [0.1, 0.15) is 22.8 Å². The molecule has 0 radical (unpaired) electrons. The standard InChI is InChI=1S/C24H25N5OS/c1-2-6-16(7-3-1)14-25-22-21-20(26-15-27-22)19-17-8-4-5-9-18(17)23(28-24(19)31-21)29-10-12-30-13-11-29/h1-3,6-7,15H,4-5,8-14H2,(H,25,26,27). The molecule has 2 aliphatic rings. The van der Waals surface area contributed by atoms with Crippen molar-refractivity contribution in [2.75, 3.05) is 36.5 Å². The second-order valence-electron chi connectivity index (χ2n) is 8.22. The molecule has 6 nitrogen and oxygen atoms in total. The summed E-state index contributed by atoms with van der Waals surface area (Å²) in [7, 11) is 0. The van der Waals surface area contributed by atoms with E-state index < -0.39 is 0 Å². The molecule has 7 heteroatoms. The van der Waals surface area contributed by atoms with E-state index >= 15 is 0 Å². The maximum absolute atomic E-state index is 5.59. The van der Waals surface area contributed by atoms with Crippen LogP contribution in [0.25, 0.3) is 20.4 Å². The molecule has 0 unspecified atom stereocenters. The Kier molecular flexibility index (Phi) is 4.92. The van der Waals surface area contributed by atoms with Crippen LogP contribution in [-0.4, -0.2) is 41.3 Å². The Morgan fingerprint density at radius 3 is 2.65 bits per heavy atom. The predicted octanol–water partition coefficient (Wildman–Crippen LogP) is 4.57. The average molecular weight is 432 g/mol. The molecule has 0 spiro atoms. The summed E-state index contributed by atoms with van der Waals surface area (Å²) in [5.74, 6) is 2.07. The Morgan fingerprint density at radius 1 is 1.00 bits per heavy atom. The number of aromatic nitrogens is 3. The number of ether oxygens (including phenoxy) is 1. The number of aryl methyl sites for hydroxylation is 1. The van der Waals surface area contributed by atoms with Gasteiger partial charge in [-0.25, -0.2) is 15.0 Å². The third kappa shape index (κ3) is 3.42. The third-order valence-corrected chi connectivity index (χ3v) is 7.39. The number of fused-ring (bicyclic) bond motifs is 5. The van der Waals surface area contributed by atoms with Crippen LogP contribution in [0.4, 0.5) is 11.6 Å². The van der Waals surface area contributed by atoms with Crippen molar-refractivity contribution in [3.8, 4) is 0 Å². The first kappa shape index (κ1) is 19.0. The zero-order chi connectivity index (χ0) is 20.6. The highest BCUT2D eigenvalue weighted by Gasteiger charge is 2.26. The molecule has 1 aliphatic carbocycles. The maximum atomic E-state index is 5.59. The van der Waals surface area contributed by atoms with Gasteiger partial charge < -0.3 is 15.0 Å². The number of anilines is 2. The summed E-state index contributed by atoms with van der Waals surface area (Å²) >= 11 is 1.72. The van der Waals surface area contributed by atoms with Crippen LogP contribution in [0.1, 0.15) is 29.5 Å². The van der Waals surface area contributed by atoms with E-state index in [1.807, 2.05) is 6.07 Å². The molecule has 0 atom stereocenters. The normalized spacial score (nSPS) is 16.6. The molecular weight excluding hydrogens is 406 g/mol. The van der Waals surface area contributed by atoms with E-state index in [-0.39, 0.29) is 0 Å². The SMILES string of the molecule is c1ccc(CNc2ncnc3c2sc2nc(N4CCOCC4)c4c(c23)CCCC4)cc1. The summed E-state index contributed by atoms with van der Waals surface area (Å²) in [6.45, 7) is 4.13. The van der Waals surface area contributed by atoms with E-state index in [4.69, 9.17) is 14.7 Å². The minimum atomic E-state index is 0.742. The first-order chi connectivity index (χ1) is 15.4. The van der Waals surface area contributed by atoms with Gasteiger partial charge in [-0.15, -0.1) is 11.3 Å². The second-order valence-corrected chi connectivity index (χ2v) is 9.22. The summed E-state index contributed by atoms with van der Waals surface area (Å²) < 4.78 is 6.69. The number of rotatable bonds is 4. The van der Waals surface area contributed by atoms with Gasteiger partial charge in [-0.05, 0) is 42.4 Å². The third-order valence-electron chi connectivity index (χ3n) is 6.31. The predicted molar refractivity (Wildman–Crippen MR) is 126 cm³/mol. The highest BCUT2D eigenvalue weighted by molar-refractivity contribution is 7.26. The molecule has 3 aromatic heterocycles. The van der Waals surface area contributed by atoms with E-state index in [2.05, 4.69) is 39.5 Å². The molecule has 0 saturated carbocycles. The first-order valence-corrected chi connectivity index (χ1v) is 11.9. The van der Waals surface area contributed by atoms with Gasteiger partial charge in [0.05, 0.1) is 23.4 Å². The van der Waals surface area contributed by atoms with E-state index in [0.29, 0.717) is 0 Å². The van der Waals surface area contributed by atoms with Crippen LogP contribution in [0.3, 0.4) is 0 Å². The summed E-state index contributed by atoms with van der Waals surface area (Å²) in [5, 5.41) is 4.77. The topological polar surface area (TPSA) is 63.2 Å². The highest BCUT2D eigenvalue weighted by Crippen LogP contribution is 2.42. The smallest absolute Gasteiger partial charge is 0.147 e. The quantitative estimate of drug-likeness (QED) is 0.511. The largest absolute Gasteiger partial charge is 0.378 e. The lowest BCUT2D eigenvalue weighted by molar-refractivity contribution is 0.122. The summed E-state index contributed by atoms with van der Waals surface area (Å²) in [6, 6.07) is 10.4. The zero-order valence-electron chi connectivity index (χ0n) is 17.4. The second kappa shape index (κ2) is 8.05. The van der Waals surface area contributed by atoms with Gasteiger partial charge in [-0.2, -0.15) is 0 Å². The molecule has 158 valence electrons. The van der Waals surface area contributed by atoms with Gasteiger partial charge in [0.15, 0.2) is 0 Å². The number of hydrogen-bond donors (Lipinski definition) is 1. The van der Waals surface area contributed by atoms with Crippen LogP contribution in [-0.2, 0) is 24.1 Å². The zero-order valence-corrected chi connectivity index (χ0v) is 18.2. The molecule has 1 aromatic carbocycles. The molecule has 1 saturated heterocycles. The van der Waals surface area contributed by atoms with Gasteiger partial charge in [-0.3, -0.25) is 0 Å². The molecule has 0 amide bonds. The van der Waals surface area contributed by atoms with E-state index in [1.165, 1.54) is 40.7 Å². The fraction of sp³-hybridized carbons (Fsp3) is 0.375. The van der Waals surface area contributed by atoms with Gasteiger partial charge >= 0.3 is 0 Å². The fourth-order valence-electron chi connectivity index (χ4n) is 4.78. The molecule has 0 bridgehead atoms. The summed E-state index contributed by atoms with van der Waals surface area (Å²) in [6.07, 6.45) is 6.36. The van der Waals surface area contributed by atoms with Crippen molar-refractivity contribution in [1.29, 1.82) is 0 Å². The number of thiophene rings is 1. The number of benzene rings is 1. The van der Waals surface area contributed by atoms with Crippen molar-refractivity contribution >= 4 is 43.4 Å². The van der Waals surface area contributed by atoms with E-state index in [9.17, 15) is 0 Å². The van der Waals surface area contributed by atoms with Crippen molar-refractivity contribution in [3.63, 3.8) is 0 Å². The van der Waals surface area contributed by atoms with Crippen molar-refractivity contribution < 1.29 is 4.74 Å². The highest BCUT2D eigenvalue weighted by atomic mass is 32.1. The summed E-state index contributed by atoms with van der Waals surface area (Å²) in [4.78, 5) is 18.0. The Bertz CT molecular complexity index is 1230. The average Bonchev–Trinajstić information content (AvgIpc) is 3.23. The number of morpholine rings is 1. The lowest BCUT2D eigenvalue weighted by Crippen LogP contribution is -2.37. The lowest BCUT2D eigenvalue weighted by Gasteiger charge is -2.31. The molecule has 31 heavy (non-hydrogen) atoms. The number of nitrogens with one attached hydrogen (secondary N) is 1. The van der Waals surface area contributed by atoms with E-state index in [1.54, 1.807) is 17.7 Å². The molecular formula is C24H25N5OS. The van der Waals surface area contributed by atoms with Crippen molar-refractivity contribution in [3.05, 3.63) is 53.3 Å². The molecule has 4 heterocycles. The van der Waals surface area contributed by atoms with Gasteiger partial charge in [-0.1, -0.05) is 30.3 Å². The number of hydrogen-bond acceptors (Lipinski definition) is 7. The molecule has 1 N–H and O–H groups in total. The van der Waals surface area contributed by atoms with Crippen LogP contribution in [0.2, 0.25) is 0 Å². The van der Waals surface area contributed by atoms with Crippen LogP contribution < -0.4 is 10.2 Å². The van der Waals surface area contributed by atoms with Gasteiger partial charge in [0.2, 0.25) is 0 Å². The number of nitrogens with zero attached hydrogens (tertiary/aromatic N) is 4. The van der Waals surface area contributed by atoms with Gasteiger partial charge in [0, 0.05) is 25.0 Å². The Balaban J connectivity index is 1.47. The van der Waals surface area contributed by atoms with Crippen LogP contribution >= 0.6 is 11.3 Å². The fourth-order valence-corrected chi connectivity index (χ4v) is 5.90. The number of pyridine rings is 1. The van der Waals surface area contributed by atoms with Gasteiger partial charge in [0.25, 0.3) is 0 Å². The Morgan fingerprint density at radius 2 is 1.81 bits per heavy atom. The van der Waals surface area contributed by atoms with Crippen LogP contribution in [0.15, 0.2) is 36.7 Å². The molecule has 1 fully saturated rings. The first-order valence-electron chi connectivity index (χ1n) is 11.1. The monoisotopic (exact) mass is 431 g/mol.